The van der Waals surface area contributed by atoms with Crippen LogP contribution in [-0.4, -0.2) is 39.8 Å². The summed E-state index contributed by atoms with van der Waals surface area (Å²) < 4.78 is 57.3. The van der Waals surface area contributed by atoms with Gasteiger partial charge < -0.3 is 19.5 Å². The van der Waals surface area contributed by atoms with E-state index >= 15 is 0 Å². The Morgan fingerprint density at radius 2 is 1.97 bits per heavy atom. The lowest BCUT2D eigenvalue weighted by Crippen LogP contribution is -2.29. The number of alkyl halides is 3. The van der Waals surface area contributed by atoms with Gasteiger partial charge in [0.25, 0.3) is 5.91 Å². The van der Waals surface area contributed by atoms with Crippen LogP contribution in [0.5, 0.6) is 17.4 Å². The Labute approximate surface area is 173 Å². The third kappa shape index (κ3) is 3.96. The van der Waals surface area contributed by atoms with Crippen LogP contribution in [0.15, 0.2) is 36.5 Å². The first-order valence-corrected chi connectivity index (χ1v) is 9.01. The minimum Gasteiger partial charge on any atom is -0.480 e. The zero-order valence-corrected chi connectivity index (χ0v) is 16.3. The van der Waals surface area contributed by atoms with E-state index in [1.807, 2.05) is 0 Å². The van der Waals surface area contributed by atoms with Crippen molar-refractivity contribution in [3.05, 3.63) is 53.3 Å². The van der Waals surface area contributed by atoms with E-state index in [-0.39, 0.29) is 18.5 Å². The Bertz CT molecular complexity index is 1110. The molecule has 3 aromatic rings. The lowest BCUT2D eigenvalue weighted by atomic mass is 10.1. The first kappa shape index (κ1) is 20.4. The topological polar surface area (TPSA) is 100 Å². The van der Waals surface area contributed by atoms with Crippen LogP contribution in [0, 0.1) is 0 Å². The van der Waals surface area contributed by atoms with Gasteiger partial charge in [0.15, 0.2) is 23.0 Å². The average Bonchev–Trinajstić information content (AvgIpc) is 3.40. The molecule has 0 saturated carbocycles. The average molecular weight is 435 g/mol. The number of fused-ring (bicyclic) bond motifs is 1. The number of methoxy groups -OCH3 is 1. The molecule has 0 saturated heterocycles. The highest BCUT2D eigenvalue weighted by atomic mass is 19.4. The second-order valence-electron chi connectivity index (χ2n) is 6.56. The van der Waals surface area contributed by atoms with Gasteiger partial charge in [-0.25, -0.2) is 4.68 Å². The third-order valence-electron chi connectivity index (χ3n) is 4.58. The lowest BCUT2D eigenvalue weighted by molar-refractivity contribution is -0.143. The van der Waals surface area contributed by atoms with Crippen LogP contribution in [0.1, 0.15) is 34.6 Å². The lowest BCUT2D eigenvalue weighted by Gasteiger charge is -2.16. The molecule has 1 N–H and O–H groups in total. The summed E-state index contributed by atoms with van der Waals surface area (Å²) in [5.41, 5.74) is -1.26. The predicted octanol–water partition coefficient (Wildman–Crippen LogP) is 2.91. The van der Waals surface area contributed by atoms with Crippen molar-refractivity contribution in [1.82, 2.24) is 25.3 Å². The molecule has 9 nitrogen and oxygen atoms in total. The number of halogens is 3. The summed E-state index contributed by atoms with van der Waals surface area (Å²) in [7, 11) is 1.35. The fourth-order valence-corrected chi connectivity index (χ4v) is 3.04. The number of benzene rings is 1. The third-order valence-corrected chi connectivity index (χ3v) is 4.58. The van der Waals surface area contributed by atoms with Crippen LogP contribution in [0.25, 0.3) is 5.82 Å². The van der Waals surface area contributed by atoms with Gasteiger partial charge in [0, 0.05) is 6.07 Å². The molecule has 1 aliphatic heterocycles. The molecule has 0 aliphatic carbocycles. The summed E-state index contributed by atoms with van der Waals surface area (Å²) in [4.78, 5) is 12.7. The molecule has 0 fully saturated rings. The van der Waals surface area contributed by atoms with E-state index < -0.39 is 29.4 Å². The van der Waals surface area contributed by atoms with E-state index in [1.54, 1.807) is 25.1 Å². The van der Waals surface area contributed by atoms with Gasteiger partial charge in [-0.1, -0.05) is 6.07 Å². The van der Waals surface area contributed by atoms with Gasteiger partial charge in [0.05, 0.1) is 24.9 Å². The van der Waals surface area contributed by atoms with Crippen LogP contribution in [0.2, 0.25) is 0 Å². The fraction of sp³-hybridized carbons (Fsp3) is 0.263. The van der Waals surface area contributed by atoms with E-state index in [9.17, 15) is 18.0 Å². The Balaban J connectivity index is 1.62. The number of ether oxygens (including phenoxy) is 3. The molecule has 1 aromatic carbocycles. The van der Waals surface area contributed by atoms with Gasteiger partial charge in [-0.2, -0.15) is 18.3 Å². The molecule has 0 spiro atoms. The Morgan fingerprint density at radius 1 is 1.19 bits per heavy atom. The smallest absolute Gasteiger partial charge is 0.434 e. The van der Waals surface area contributed by atoms with Crippen LogP contribution < -0.4 is 19.5 Å². The van der Waals surface area contributed by atoms with E-state index in [1.165, 1.54) is 19.2 Å². The number of nitrogens with one attached hydrogen (secondary N) is 1. The van der Waals surface area contributed by atoms with Crippen molar-refractivity contribution < 1.29 is 32.2 Å². The number of hydrogen-bond acceptors (Lipinski definition) is 7. The number of aromatic nitrogens is 4. The van der Waals surface area contributed by atoms with Crippen molar-refractivity contribution in [3.8, 4) is 23.2 Å². The van der Waals surface area contributed by atoms with Gasteiger partial charge in [-0.15, -0.1) is 10.2 Å². The van der Waals surface area contributed by atoms with E-state index in [4.69, 9.17) is 14.2 Å². The fourth-order valence-electron chi connectivity index (χ4n) is 3.04. The largest absolute Gasteiger partial charge is 0.480 e. The zero-order chi connectivity index (χ0) is 22.2. The molecule has 12 heteroatoms. The van der Waals surface area contributed by atoms with Gasteiger partial charge in [0.2, 0.25) is 12.7 Å². The predicted molar refractivity (Wildman–Crippen MR) is 99.2 cm³/mol. The molecule has 1 atom stereocenters. The van der Waals surface area contributed by atoms with Crippen molar-refractivity contribution in [3.63, 3.8) is 0 Å². The van der Waals surface area contributed by atoms with E-state index in [0.29, 0.717) is 21.7 Å². The molecule has 0 bridgehead atoms. The van der Waals surface area contributed by atoms with Gasteiger partial charge in [0.1, 0.15) is 0 Å². The summed E-state index contributed by atoms with van der Waals surface area (Å²) >= 11 is 0. The van der Waals surface area contributed by atoms with E-state index in [0.717, 1.165) is 6.20 Å². The van der Waals surface area contributed by atoms with Gasteiger partial charge >= 0.3 is 6.18 Å². The van der Waals surface area contributed by atoms with Gasteiger partial charge in [-0.05, 0) is 30.7 Å². The molecule has 1 amide bonds. The number of hydrogen-bond donors (Lipinski definition) is 1. The van der Waals surface area contributed by atoms with Crippen LogP contribution >= 0.6 is 0 Å². The maximum atomic E-state index is 13.8. The van der Waals surface area contributed by atoms with Gasteiger partial charge in [-0.3, -0.25) is 4.79 Å². The zero-order valence-electron chi connectivity index (χ0n) is 16.3. The minimum atomic E-state index is -4.87. The molecule has 4 rings (SSSR count). The summed E-state index contributed by atoms with van der Waals surface area (Å²) in [6, 6.07) is 7.01. The molecule has 0 radical (unpaired) electrons. The molecule has 1 aliphatic rings. The Kier molecular flexibility index (Phi) is 5.13. The number of carbonyl (C=O) groups excluding carboxylic acids is 1. The number of amides is 1. The molecule has 162 valence electrons. The highest BCUT2D eigenvalue weighted by molar-refractivity contribution is 5.95. The maximum absolute atomic E-state index is 13.8. The molecule has 2 aromatic heterocycles. The number of rotatable bonds is 5. The molecule has 1 unspecified atom stereocenters. The van der Waals surface area contributed by atoms with Crippen LogP contribution in [0.4, 0.5) is 13.2 Å². The summed E-state index contributed by atoms with van der Waals surface area (Å²) in [6.07, 6.45) is -4.02. The second kappa shape index (κ2) is 7.78. The number of carbonyl (C=O) groups is 1. The summed E-state index contributed by atoms with van der Waals surface area (Å²) in [5.74, 6) is 0.0326. The Hall–Kier alpha value is -3.83. The van der Waals surface area contributed by atoms with E-state index in [2.05, 4.69) is 20.6 Å². The second-order valence-corrected chi connectivity index (χ2v) is 6.56. The van der Waals surface area contributed by atoms with Crippen molar-refractivity contribution >= 4 is 5.91 Å². The quantitative estimate of drug-likeness (QED) is 0.658. The monoisotopic (exact) mass is 435 g/mol. The highest BCUT2D eigenvalue weighted by Gasteiger charge is 2.41. The van der Waals surface area contributed by atoms with Crippen molar-refractivity contribution in [2.24, 2.45) is 0 Å². The number of nitrogens with zero attached hydrogens (tertiary/aromatic N) is 4. The molecule has 3 heterocycles. The summed E-state index contributed by atoms with van der Waals surface area (Å²) in [5, 5.41) is 13.6. The van der Waals surface area contributed by atoms with Crippen molar-refractivity contribution in [2.45, 2.75) is 19.1 Å². The van der Waals surface area contributed by atoms with Crippen molar-refractivity contribution in [2.75, 3.05) is 13.9 Å². The van der Waals surface area contributed by atoms with Crippen LogP contribution in [-0.2, 0) is 6.18 Å². The van der Waals surface area contributed by atoms with Crippen molar-refractivity contribution in [1.29, 1.82) is 0 Å². The molecule has 31 heavy (non-hydrogen) atoms. The normalized spacial score (nSPS) is 13.7. The maximum Gasteiger partial charge on any atom is 0.434 e. The SMILES string of the molecule is COc1ccc(-n2ncc(C(=O)NC(C)c3ccc4c(c3)OCO4)c2C(F)(F)F)nn1. The first-order valence-electron chi connectivity index (χ1n) is 9.01. The summed E-state index contributed by atoms with van der Waals surface area (Å²) in [6.45, 7) is 1.73. The highest BCUT2D eigenvalue weighted by Crippen LogP contribution is 2.35. The molecular weight excluding hydrogens is 419 g/mol. The Morgan fingerprint density at radius 3 is 2.65 bits per heavy atom. The molecular formula is C19H16F3N5O4. The van der Waals surface area contributed by atoms with Crippen LogP contribution in [0.3, 0.4) is 0 Å². The standard InChI is InChI=1S/C19H16F3N5O4/c1-10(11-3-4-13-14(7-11)31-9-30-13)24-18(28)12-8-23-27(17(12)19(20,21)22)15-5-6-16(29-2)26-25-15/h3-8,10H,9H2,1-2H3,(H,24,28). The first-order chi connectivity index (χ1) is 14.8. The minimum absolute atomic E-state index is 0.0852.